The molecule has 2 aromatic rings. The fourth-order valence-corrected chi connectivity index (χ4v) is 2.82. The van der Waals surface area contributed by atoms with Crippen LogP contribution in [0, 0.1) is 6.92 Å². The van der Waals surface area contributed by atoms with Gasteiger partial charge in [-0.05, 0) is 27.2 Å². The fraction of sp³-hybridized carbons (Fsp3) is 0.500. The minimum absolute atomic E-state index is 0.0119. The number of H-pyrrole nitrogens is 1. The SMILES string of the molecule is CCC1(N)N=C(Nc2cn(C(C)(C)c3ncn[nH]3)nc2C)NC=C1C(F)(F)F. The average Bonchev–Trinajstić information content (AvgIpc) is 3.25. The number of aromatic amines is 1. The number of guanidine groups is 1. The van der Waals surface area contributed by atoms with Crippen LogP contribution in [0.5, 0.6) is 0 Å². The number of halogens is 3. The monoisotopic (exact) mass is 397 g/mol. The Morgan fingerprint density at radius 3 is 2.61 bits per heavy atom. The van der Waals surface area contributed by atoms with Gasteiger partial charge in [0.2, 0.25) is 5.96 Å². The summed E-state index contributed by atoms with van der Waals surface area (Å²) in [6.45, 7) is 7.13. The molecule has 28 heavy (non-hydrogen) atoms. The van der Waals surface area contributed by atoms with E-state index in [2.05, 4.69) is 35.9 Å². The van der Waals surface area contributed by atoms with Crippen LogP contribution in [0.3, 0.4) is 0 Å². The van der Waals surface area contributed by atoms with E-state index in [0.29, 0.717) is 17.2 Å². The van der Waals surface area contributed by atoms with Gasteiger partial charge in [0.25, 0.3) is 0 Å². The normalized spacial score (nSPS) is 20.4. The number of hydrogen-bond acceptors (Lipinski definition) is 7. The summed E-state index contributed by atoms with van der Waals surface area (Å²) in [4.78, 5) is 8.22. The molecule has 1 atom stereocenters. The van der Waals surface area contributed by atoms with Crippen LogP contribution in [0.15, 0.2) is 29.3 Å². The van der Waals surface area contributed by atoms with E-state index in [4.69, 9.17) is 5.73 Å². The second kappa shape index (κ2) is 6.62. The molecule has 9 nitrogen and oxygen atoms in total. The van der Waals surface area contributed by atoms with Crippen LogP contribution >= 0.6 is 0 Å². The lowest BCUT2D eigenvalue weighted by atomic mass is 9.97. The zero-order chi connectivity index (χ0) is 20.7. The predicted molar refractivity (Wildman–Crippen MR) is 97.3 cm³/mol. The van der Waals surface area contributed by atoms with Gasteiger partial charge in [0.05, 0.1) is 17.0 Å². The first-order valence-electron chi connectivity index (χ1n) is 8.60. The third-order valence-corrected chi connectivity index (χ3v) is 4.69. The van der Waals surface area contributed by atoms with Crippen molar-refractivity contribution in [3.63, 3.8) is 0 Å². The second-order valence-electron chi connectivity index (χ2n) is 7.03. The molecule has 152 valence electrons. The van der Waals surface area contributed by atoms with Crippen LogP contribution < -0.4 is 16.4 Å². The molecule has 1 aliphatic heterocycles. The highest BCUT2D eigenvalue weighted by Crippen LogP contribution is 2.36. The first-order valence-corrected chi connectivity index (χ1v) is 8.60. The number of nitrogens with two attached hydrogens (primary N) is 1. The van der Waals surface area contributed by atoms with E-state index in [9.17, 15) is 13.2 Å². The van der Waals surface area contributed by atoms with Crippen LogP contribution in [-0.4, -0.2) is 42.8 Å². The van der Waals surface area contributed by atoms with Crippen LogP contribution in [-0.2, 0) is 5.54 Å². The summed E-state index contributed by atoms with van der Waals surface area (Å²) in [5.74, 6) is 0.719. The Morgan fingerprint density at radius 2 is 2.04 bits per heavy atom. The Labute approximate surface area is 159 Å². The maximum Gasteiger partial charge on any atom is 0.417 e. The fourth-order valence-electron chi connectivity index (χ4n) is 2.82. The van der Waals surface area contributed by atoms with Crippen molar-refractivity contribution in [3.05, 3.63) is 35.8 Å². The zero-order valence-electron chi connectivity index (χ0n) is 15.9. The molecular formula is C16H22F3N9. The number of rotatable bonds is 4. The van der Waals surface area contributed by atoms with Crippen molar-refractivity contribution < 1.29 is 13.2 Å². The summed E-state index contributed by atoms with van der Waals surface area (Å²) in [6, 6.07) is 0. The quantitative estimate of drug-likeness (QED) is 0.626. The van der Waals surface area contributed by atoms with E-state index in [1.807, 2.05) is 13.8 Å². The number of aliphatic imine (C=N–C) groups is 1. The van der Waals surface area contributed by atoms with Crippen LogP contribution in [0.2, 0.25) is 0 Å². The number of nitrogens with zero attached hydrogens (tertiary/aromatic N) is 5. The second-order valence-corrected chi connectivity index (χ2v) is 7.03. The molecule has 3 rings (SSSR count). The van der Waals surface area contributed by atoms with Gasteiger partial charge in [-0.3, -0.25) is 9.78 Å². The summed E-state index contributed by atoms with van der Waals surface area (Å²) in [6.07, 6.45) is -0.619. The van der Waals surface area contributed by atoms with Gasteiger partial charge >= 0.3 is 6.18 Å². The van der Waals surface area contributed by atoms with E-state index >= 15 is 0 Å². The maximum absolute atomic E-state index is 13.2. The molecule has 3 heterocycles. The first-order chi connectivity index (χ1) is 13.0. The number of anilines is 1. The number of hydrogen-bond donors (Lipinski definition) is 4. The molecule has 0 amide bonds. The van der Waals surface area contributed by atoms with Gasteiger partial charge in [-0.25, -0.2) is 9.98 Å². The Hall–Kier alpha value is -2.89. The van der Waals surface area contributed by atoms with Gasteiger partial charge in [0.1, 0.15) is 17.5 Å². The Bertz CT molecular complexity index is 908. The summed E-state index contributed by atoms with van der Waals surface area (Å²) in [5.41, 5.74) is 3.70. The Morgan fingerprint density at radius 1 is 1.32 bits per heavy atom. The number of nitrogens with one attached hydrogen (secondary N) is 3. The molecule has 1 aliphatic rings. The third-order valence-electron chi connectivity index (χ3n) is 4.69. The first kappa shape index (κ1) is 19.9. The molecule has 5 N–H and O–H groups in total. The van der Waals surface area contributed by atoms with E-state index < -0.39 is 23.0 Å². The van der Waals surface area contributed by atoms with Gasteiger partial charge in [0, 0.05) is 12.4 Å². The van der Waals surface area contributed by atoms with Crippen LogP contribution in [0.4, 0.5) is 18.9 Å². The van der Waals surface area contributed by atoms with Gasteiger partial charge in [0.15, 0.2) is 5.82 Å². The predicted octanol–water partition coefficient (Wildman–Crippen LogP) is 1.98. The molecule has 0 saturated heterocycles. The van der Waals surface area contributed by atoms with Crippen LogP contribution in [0.1, 0.15) is 38.7 Å². The molecule has 1 unspecified atom stereocenters. The maximum atomic E-state index is 13.2. The Balaban J connectivity index is 1.87. The molecule has 0 fully saturated rings. The van der Waals surface area contributed by atoms with Crippen molar-refractivity contribution in [2.75, 3.05) is 5.32 Å². The average molecular weight is 397 g/mol. The van der Waals surface area contributed by atoms with Gasteiger partial charge in [-0.2, -0.15) is 23.4 Å². The standard InChI is InChI=1S/C16H22F3N9/c1-5-15(20)11(16(17,18)19)6-21-13(25-15)24-10-7-28(27-9(10)2)14(3,4)12-22-8-23-26-12/h6-8H,5,20H2,1-4H3,(H2,21,24,25)(H,22,23,26). The highest BCUT2D eigenvalue weighted by atomic mass is 19.4. The van der Waals surface area contributed by atoms with Crippen molar-refractivity contribution in [2.45, 2.75) is 51.5 Å². The molecule has 0 bridgehead atoms. The van der Waals surface area contributed by atoms with Crippen molar-refractivity contribution in [2.24, 2.45) is 10.7 Å². The zero-order valence-corrected chi connectivity index (χ0v) is 15.9. The molecule has 0 spiro atoms. The van der Waals surface area contributed by atoms with Crippen molar-refractivity contribution in [1.82, 2.24) is 30.3 Å². The lowest BCUT2D eigenvalue weighted by Gasteiger charge is -2.32. The van der Waals surface area contributed by atoms with Crippen molar-refractivity contribution in [3.8, 4) is 0 Å². The number of alkyl halides is 3. The number of aromatic nitrogens is 5. The molecule has 0 aromatic carbocycles. The van der Waals surface area contributed by atoms with E-state index in [1.165, 1.54) is 6.33 Å². The largest absolute Gasteiger partial charge is 0.417 e. The van der Waals surface area contributed by atoms with E-state index in [0.717, 1.165) is 6.20 Å². The minimum Gasteiger partial charge on any atom is -0.332 e. The topological polar surface area (TPSA) is 122 Å². The Kier molecular flexibility index (Phi) is 4.69. The molecule has 0 aliphatic carbocycles. The van der Waals surface area contributed by atoms with Gasteiger partial charge in [-0.15, -0.1) is 0 Å². The van der Waals surface area contributed by atoms with Gasteiger partial charge < -0.3 is 16.4 Å². The molecule has 12 heteroatoms. The summed E-state index contributed by atoms with van der Waals surface area (Å²) >= 11 is 0. The van der Waals surface area contributed by atoms with Gasteiger partial charge in [-0.1, -0.05) is 6.92 Å². The molecular weight excluding hydrogens is 375 g/mol. The van der Waals surface area contributed by atoms with Crippen LogP contribution in [0.25, 0.3) is 0 Å². The van der Waals surface area contributed by atoms with E-state index in [-0.39, 0.29) is 12.4 Å². The molecule has 0 radical (unpaired) electrons. The number of aryl methyl sites for hydroxylation is 1. The summed E-state index contributed by atoms with van der Waals surface area (Å²) in [5, 5.41) is 16.6. The lowest BCUT2D eigenvalue weighted by Crippen LogP contribution is -2.51. The summed E-state index contributed by atoms with van der Waals surface area (Å²) in [7, 11) is 0. The summed E-state index contributed by atoms with van der Waals surface area (Å²) < 4.78 is 41.3. The highest BCUT2D eigenvalue weighted by Gasteiger charge is 2.47. The molecule has 0 saturated carbocycles. The smallest absolute Gasteiger partial charge is 0.332 e. The molecule has 2 aromatic heterocycles. The lowest BCUT2D eigenvalue weighted by molar-refractivity contribution is -0.101. The van der Waals surface area contributed by atoms with E-state index in [1.54, 1.807) is 24.7 Å². The van der Waals surface area contributed by atoms with Crippen molar-refractivity contribution >= 4 is 11.6 Å². The highest BCUT2D eigenvalue weighted by molar-refractivity contribution is 5.95. The third kappa shape index (κ3) is 3.46. The van der Waals surface area contributed by atoms with Crippen molar-refractivity contribution in [1.29, 1.82) is 0 Å². The minimum atomic E-state index is -4.57.